The zero-order chi connectivity index (χ0) is 15.5. The van der Waals surface area contributed by atoms with Gasteiger partial charge in [0.25, 0.3) is 0 Å². The Bertz CT molecular complexity index is 460. The number of nitrogens with one attached hydrogen (secondary N) is 1. The maximum atomic E-state index is 13.3. The van der Waals surface area contributed by atoms with Crippen LogP contribution in [-0.2, 0) is 0 Å². The molecule has 1 aromatic carbocycles. The molecule has 2 nitrogen and oxygen atoms in total. The van der Waals surface area contributed by atoms with Crippen LogP contribution < -0.4 is 5.32 Å². The molecule has 2 rings (SSSR count). The Morgan fingerprint density at radius 1 is 1.43 bits per heavy atom. The largest absolute Gasteiger partial charge is 0.308 e. The second kappa shape index (κ2) is 6.89. The molecule has 0 amide bonds. The highest BCUT2D eigenvalue weighted by atomic mass is 19.1. The summed E-state index contributed by atoms with van der Waals surface area (Å²) in [5, 5.41) is 3.63. The molecule has 0 saturated heterocycles. The van der Waals surface area contributed by atoms with E-state index in [9.17, 15) is 4.39 Å². The predicted octanol–water partition coefficient (Wildman–Crippen LogP) is 3.99. The van der Waals surface area contributed by atoms with Gasteiger partial charge in [-0.15, -0.1) is 0 Å². The molecule has 0 aromatic heterocycles. The first-order valence-electron chi connectivity index (χ1n) is 8.09. The summed E-state index contributed by atoms with van der Waals surface area (Å²) in [5.74, 6) is 0.627. The summed E-state index contributed by atoms with van der Waals surface area (Å²) < 4.78 is 13.3. The number of likely N-dealkylation sites (N-methyl/N-ethyl adjacent to an activating group) is 1. The molecule has 21 heavy (non-hydrogen) atoms. The van der Waals surface area contributed by atoms with Gasteiger partial charge in [0.2, 0.25) is 0 Å². The molecule has 3 heteroatoms. The fourth-order valence-electron chi connectivity index (χ4n) is 3.59. The lowest BCUT2D eigenvalue weighted by molar-refractivity contribution is 0.0728. The fourth-order valence-corrected chi connectivity index (χ4v) is 3.59. The molecule has 1 aliphatic rings. The lowest BCUT2D eigenvalue weighted by Crippen LogP contribution is -2.54. The van der Waals surface area contributed by atoms with Crippen molar-refractivity contribution in [2.75, 3.05) is 20.6 Å². The minimum absolute atomic E-state index is 0.158. The highest BCUT2D eigenvalue weighted by Gasteiger charge is 2.36. The molecular weight excluding hydrogens is 263 g/mol. The van der Waals surface area contributed by atoms with Crippen molar-refractivity contribution >= 4 is 0 Å². The maximum absolute atomic E-state index is 13.3. The van der Waals surface area contributed by atoms with Crippen LogP contribution >= 0.6 is 0 Å². The highest BCUT2D eigenvalue weighted by Crippen LogP contribution is 2.35. The van der Waals surface area contributed by atoms with Crippen molar-refractivity contribution in [2.24, 2.45) is 5.92 Å². The monoisotopic (exact) mass is 292 g/mol. The predicted molar refractivity (Wildman–Crippen MR) is 86.9 cm³/mol. The van der Waals surface area contributed by atoms with Crippen LogP contribution in [0.15, 0.2) is 24.3 Å². The first-order chi connectivity index (χ1) is 9.93. The van der Waals surface area contributed by atoms with E-state index in [1.807, 2.05) is 6.07 Å². The third kappa shape index (κ3) is 4.04. The van der Waals surface area contributed by atoms with Gasteiger partial charge in [-0.05, 0) is 57.5 Å². The molecule has 1 fully saturated rings. The van der Waals surface area contributed by atoms with E-state index < -0.39 is 0 Å². The summed E-state index contributed by atoms with van der Waals surface area (Å²) in [6.07, 6.45) is 5.13. The van der Waals surface area contributed by atoms with E-state index in [2.05, 4.69) is 38.2 Å². The Kier molecular flexibility index (Phi) is 5.39. The van der Waals surface area contributed by atoms with E-state index in [0.29, 0.717) is 0 Å². The summed E-state index contributed by atoms with van der Waals surface area (Å²) in [6.45, 7) is 5.43. The Morgan fingerprint density at radius 2 is 2.19 bits per heavy atom. The molecule has 0 spiro atoms. The van der Waals surface area contributed by atoms with Crippen LogP contribution in [0.4, 0.5) is 4.39 Å². The summed E-state index contributed by atoms with van der Waals surface area (Å²) in [5.41, 5.74) is 1.26. The van der Waals surface area contributed by atoms with Crippen molar-refractivity contribution in [3.63, 3.8) is 0 Å². The van der Waals surface area contributed by atoms with Gasteiger partial charge >= 0.3 is 0 Å². The van der Waals surface area contributed by atoms with E-state index in [-0.39, 0.29) is 17.4 Å². The van der Waals surface area contributed by atoms with Gasteiger partial charge < -0.3 is 10.2 Å². The van der Waals surface area contributed by atoms with E-state index >= 15 is 0 Å². The summed E-state index contributed by atoms with van der Waals surface area (Å²) in [4.78, 5) is 2.38. The minimum atomic E-state index is -0.158. The van der Waals surface area contributed by atoms with Gasteiger partial charge in [0, 0.05) is 18.1 Å². The highest BCUT2D eigenvalue weighted by molar-refractivity contribution is 5.19. The molecule has 3 unspecified atom stereocenters. The topological polar surface area (TPSA) is 15.3 Å². The maximum Gasteiger partial charge on any atom is 0.123 e. The number of hydrogen-bond acceptors (Lipinski definition) is 2. The van der Waals surface area contributed by atoms with E-state index in [4.69, 9.17) is 0 Å². The van der Waals surface area contributed by atoms with Crippen molar-refractivity contribution in [3.8, 4) is 0 Å². The number of nitrogens with zero attached hydrogens (tertiary/aromatic N) is 1. The first-order valence-corrected chi connectivity index (χ1v) is 8.09. The van der Waals surface area contributed by atoms with Gasteiger partial charge in [-0.25, -0.2) is 4.39 Å². The molecule has 0 aliphatic heterocycles. The van der Waals surface area contributed by atoms with Crippen molar-refractivity contribution in [3.05, 3.63) is 35.6 Å². The number of hydrogen-bond donors (Lipinski definition) is 1. The van der Waals surface area contributed by atoms with Crippen molar-refractivity contribution in [1.82, 2.24) is 10.2 Å². The van der Waals surface area contributed by atoms with E-state index in [1.54, 1.807) is 12.1 Å². The summed E-state index contributed by atoms with van der Waals surface area (Å²) >= 11 is 0. The second-order valence-electron chi connectivity index (χ2n) is 6.98. The zero-order valence-electron chi connectivity index (χ0n) is 13.8. The average molecular weight is 292 g/mol. The number of halogens is 1. The van der Waals surface area contributed by atoms with Crippen LogP contribution in [0.25, 0.3) is 0 Å². The minimum Gasteiger partial charge on any atom is -0.308 e. The van der Waals surface area contributed by atoms with Crippen molar-refractivity contribution in [1.29, 1.82) is 0 Å². The first kappa shape index (κ1) is 16.4. The van der Waals surface area contributed by atoms with Crippen LogP contribution in [0.2, 0.25) is 0 Å². The Morgan fingerprint density at radius 3 is 2.81 bits per heavy atom. The third-order valence-electron chi connectivity index (χ3n) is 5.10. The fraction of sp³-hybridized carbons (Fsp3) is 0.667. The van der Waals surface area contributed by atoms with Gasteiger partial charge in [0.15, 0.2) is 0 Å². The van der Waals surface area contributed by atoms with Gasteiger partial charge in [-0.2, -0.15) is 0 Å². The summed E-state index contributed by atoms with van der Waals surface area (Å²) in [7, 11) is 4.37. The van der Waals surface area contributed by atoms with Gasteiger partial charge in [-0.1, -0.05) is 31.9 Å². The van der Waals surface area contributed by atoms with Gasteiger partial charge in [-0.3, -0.25) is 0 Å². The van der Waals surface area contributed by atoms with Crippen molar-refractivity contribution in [2.45, 2.75) is 51.1 Å². The lowest BCUT2D eigenvalue weighted by Gasteiger charge is -2.46. The number of rotatable bonds is 5. The molecule has 1 aliphatic carbocycles. The molecule has 0 radical (unpaired) electrons. The normalized spacial score (nSPS) is 27.8. The molecular formula is C18H29FN2. The van der Waals surface area contributed by atoms with Crippen LogP contribution in [0.5, 0.6) is 0 Å². The average Bonchev–Trinajstić information content (AvgIpc) is 2.44. The molecule has 1 N–H and O–H groups in total. The third-order valence-corrected chi connectivity index (χ3v) is 5.10. The van der Waals surface area contributed by atoms with E-state index in [1.165, 1.54) is 31.7 Å². The quantitative estimate of drug-likeness (QED) is 0.883. The van der Waals surface area contributed by atoms with Gasteiger partial charge in [0.05, 0.1) is 0 Å². The Balaban J connectivity index is 2.02. The molecule has 3 atom stereocenters. The van der Waals surface area contributed by atoms with Crippen LogP contribution in [0.1, 0.15) is 51.1 Å². The van der Waals surface area contributed by atoms with Gasteiger partial charge in [0.1, 0.15) is 5.82 Å². The molecule has 0 bridgehead atoms. The molecule has 118 valence electrons. The number of benzene rings is 1. The van der Waals surface area contributed by atoms with Crippen LogP contribution in [-0.4, -0.2) is 31.1 Å². The van der Waals surface area contributed by atoms with Crippen LogP contribution in [0, 0.1) is 11.7 Å². The second-order valence-corrected chi connectivity index (χ2v) is 6.98. The van der Waals surface area contributed by atoms with E-state index in [0.717, 1.165) is 18.0 Å². The lowest BCUT2D eigenvalue weighted by atomic mass is 9.75. The smallest absolute Gasteiger partial charge is 0.123 e. The Labute approximate surface area is 128 Å². The summed E-state index contributed by atoms with van der Waals surface area (Å²) in [6, 6.07) is 7.08. The SMILES string of the molecule is CC1CCCC(CNC(C)c2cccc(F)c2)(N(C)C)C1. The standard InChI is InChI=1S/C18H29FN2/c1-14-7-6-10-18(12-14,21(3)4)13-20-15(2)16-8-5-9-17(19)11-16/h5,8-9,11,14-15,20H,6-7,10,12-13H2,1-4H3. The Hall–Kier alpha value is -0.930. The molecule has 1 saturated carbocycles. The molecule has 1 aromatic rings. The molecule has 0 heterocycles. The van der Waals surface area contributed by atoms with Crippen molar-refractivity contribution < 1.29 is 4.39 Å². The van der Waals surface area contributed by atoms with Crippen LogP contribution in [0.3, 0.4) is 0 Å². The zero-order valence-corrected chi connectivity index (χ0v) is 13.8.